The first-order valence-corrected chi connectivity index (χ1v) is 11.1. The molecule has 0 aromatic carbocycles. The molecule has 138 valence electrons. The van der Waals surface area contributed by atoms with Gasteiger partial charge in [-0.3, -0.25) is 19.3 Å². The molecule has 6 atom stereocenters. The summed E-state index contributed by atoms with van der Waals surface area (Å²) in [5, 5.41) is 0. The number of alkyl halides is 2. The third-order valence-corrected chi connectivity index (χ3v) is 10.1. The van der Waals surface area contributed by atoms with Crippen LogP contribution in [-0.4, -0.2) is 56.8 Å². The van der Waals surface area contributed by atoms with Crippen molar-refractivity contribution >= 4 is 49.6 Å². The van der Waals surface area contributed by atoms with E-state index in [1.165, 1.54) is 11.3 Å². The van der Waals surface area contributed by atoms with Crippen LogP contribution in [0.4, 0.5) is 0 Å². The molecule has 3 aliphatic carbocycles. The Morgan fingerprint density at radius 2 is 1.56 bits per heavy atom. The number of likely N-dealkylation sites (tertiary alicyclic amines) is 1. The predicted molar refractivity (Wildman–Crippen MR) is 100 cm³/mol. The van der Waals surface area contributed by atoms with Crippen molar-refractivity contribution in [1.29, 1.82) is 0 Å². The van der Waals surface area contributed by atoms with Gasteiger partial charge in [-0.1, -0.05) is 51.1 Å². The maximum atomic E-state index is 12.9. The second-order valence-electron chi connectivity index (χ2n) is 8.06. The zero-order chi connectivity index (χ0) is 17.9. The van der Waals surface area contributed by atoms with Gasteiger partial charge in [0.2, 0.25) is 17.7 Å². The molecule has 0 N–H and O–H groups in total. The highest BCUT2D eigenvalue weighted by Crippen LogP contribution is 2.60. The molecule has 1 saturated heterocycles. The average Bonchev–Trinajstić information content (AvgIpc) is 3.22. The number of nitrogens with zero attached hydrogens (tertiary/aromatic N) is 2. The summed E-state index contributed by atoms with van der Waals surface area (Å²) in [6.07, 6.45) is 6.50. The summed E-state index contributed by atoms with van der Waals surface area (Å²) in [7, 11) is 1.82. The molecule has 0 aromatic heterocycles. The molecule has 2 bridgehead atoms. The van der Waals surface area contributed by atoms with E-state index in [4.69, 9.17) is 0 Å². The standard InChI is InChI=1S/C18H24Br2N2O3/c1-21(9-5-3-2-4-6-9)12(23)8-22-17(24)13-10-7-11(14(13)18(22)25)16(20)15(10)19/h9-11,13-16H,2-8H2,1H3/t10-,11-,13-,14-,15-,16+/m0/s1. The fraction of sp³-hybridized carbons (Fsp3) is 0.833. The minimum Gasteiger partial charge on any atom is -0.341 e. The topological polar surface area (TPSA) is 57.7 Å². The highest BCUT2D eigenvalue weighted by atomic mass is 79.9. The zero-order valence-corrected chi connectivity index (χ0v) is 17.5. The first-order chi connectivity index (χ1) is 11.9. The normalized spacial score (nSPS) is 40.7. The van der Waals surface area contributed by atoms with E-state index in [1.54, 1.807) is 4.90 Å². The molecule has 5 nitrogen and oxygen atoms in total. The molecule has 0 radical (unpaired) electrons. The number of imide groups is 1. The van der Waals surface area contributed by atoms with Gasteiger partial charge in [0.05, 0.1) is 11.8 Å². The smallest absolute Gasteiger partial charge is 0.242 e. The number of halogens is 2. The number of hydrogen-bond donors (Lipinski definition) is 0. The van der Waals surface area contributed by atoms with Crippen LogP contribution in [0.1, 0.15) is 38.5 Å². The van der Waals surface area contributed by atoms with Gasteiger partial charge in [0, 0.05) is 22.7 Å². The summed E-state index contributed by atoms with van der Waals surface area (Å²) in [6.45, 7) is -0.0863. The molecule has 0 aromatic rings. The van der Waals surface area contributed by atoms with Crippen molar-refractivity contribution in [1.82, 2.24) is 9.80 Å². The third-order valence-electron chi connectivity index (χ3n) is 6.89. The molecule has 1 heterocycles. The van der Waals surface area contributed by atoms with Crippen molar-refractivity contribution in [3.8, 4) is 0 Å². The lowest BCUT2D eigenvalue weighted by Crippen LogP contribution is -2.46. The lowest BCUT2D eigenvalue weighted by Gasteiger charge is -2.32. The summed E-state index contributed by atoms with van der Waals surface area (Å²) in [5.41, 5.74) is 0. The Labute approximate surface area is 165 Å². The number of likely N-dealkylation sites (N-methyl/N-ethyl adjacent to an activating group) is 1. The Kier molecular flexibility index (Phi) is 4.76. The van der Waals surface area contributed by atoms with E-state index in [1.807, 2.05) is 7.05 Å². The summed E-state index contributed by atoms with van der Waals surface area (Å²) >= 11 is 7.37. The average molecular weight is 476 g/mol. The van der Waals surface area contributed by atoms with Crippen molar-refractivity contribution in [3.63, 3.8) is 0 Å². The van der Waals surface area contributed by atoms with Gasteiger partial charge in [0.25, 0.3) is 0 Å². The van der Waals surface area contributed by atoms with Gasteiger partial charge in [-0.15, -0.1) is 0 Å². The molecule has 7 heteroatoms. The van der Waals surface area contributed by atoms with Crippen LogP contribution in [0.25, 0.3) is 0 Å². The highest BCUT2D eigenvalue weighted by molar-refractivity contribution is 9.12. The lowest BCUT2D eigenvalue weighted by molar-refractivity contribution is -0.147. The molecule has 25 heavy (non-hydrogen) atoms. The van der Waals surface area contributed by atoms with E-state index in [-0.39, 0.29) is 63.6 Å². The number of rotatable bonds is 3. The number of hydrogen-bond acceptors (Lipinski definition) is 3. The van der Waals surface area contributed by atoms with Crippen LogP contribution in [0.2, 0.25) is 0 Å². The maximum Gasteiger partial charge on any atom is 0.242 e. The molecule has 3 saturated carbocycles. The van der Waals surface area contributed by atoms with Gasteiger partial charge < -0.3 is 4.90 Å². The quantitative estimate of drug-likeness (QED) is 0.465. The molecule has 1 aliphatic heterocycles. The SMILES string of the molecule is CN(C(=O)CN1C(=O)[C@H]2[C@@H]3C[C@H]([C@@H](Br)[C@H]3Br)[C@@H]2C1=O)C1CCCCC1. The van der Waals surface area contributed by atoms with Crippen LogP contribution in [0.15, 0.2) is 0 Å². The Bertz CT molecular complexity index is 575. The fourth-order valence-corrected chi connectivity index (χ4v) is 7.36. The summed E-state index contributed by atoms with van der Waals surface area (Å²) in [5.74, 6) is -0.425. The van der Waals surface area contributed by atoms with Gasteiger partial charge >= 0.3 is 0 Å². The first-order valence-electron chi connectivity index (χ1n) is 9.31. The zero-order valence-electron chi connectivity index (χ0n) is 14.4. The van der Waals surface area contributed by atoms with E-state index in [2.05, 4.69) is 31.9 Å². The van der Waals surface area contributed by atoms with Gasteiger partial charge in [-0.2, -0.15) is 0 Å². The highest BCUT2D eigenvalue weighted by Gasteiger charge is 2.66. The van der Waals surface area contributed by atoms with Crippen LogP contribution in [0.3, 0.4) is 0 Å². The molecule has 0 spiro atoms. The minimum atomic E-state index is -0.233. The van der Waals surface area contributed by atoms with E-state index in [9.17, 15) is 14.4 Å². The van der Waals surface area contributed by atoms with Crippen molar-refractivity contribution in [2.45, 2.75) is 54.2 Å². The number of carbonyl (C=O) groups is 3. The maximum absolute atomic E-state index is 12.9. The molecule has 4 fully saturated rings. The van der Waals surface area contributed by atoms with E-state index >= 15 is 0 Å². The Balaban J connectivity index is 1.46. The number of amides is 3. The monoisotopic (exact) mass is 474 g/mol. The molecule has 4 aliphatic rings. The number of fused-ring (bicyclic) bond motifs is 5. The number of carbonyl (C=O) groups excluding carboxylic acids is 3. The minimum absolute atomic E-state index is 0.0863. The van der Waals surface area contributed by atoms with Gasteiger partial charge in [-0.25, -0.2) is 0 Å². The van der Waals surface area contributed by atoms with Crippen molar-refractivity contribution in [2.24, 2.45) is 23.7 Å². The predicted octanol–water partition coefficient (Wildman–Crippen LogP) is 2.56. The largest absolute Gasteiger partial charge is 0.341 e. The Hall–Kier alpha value is -0.430. The summed E-state index contributed by atoms with van der Waals surface area (Å²) in [4.78, 5) is 41.9. The lowest BCUT2D eigenvalue weighted by atomic mass is 9.81. The van der Waals surface area contributed by atoms with Crippen LogP contribution >= 0.6 is 31.9 Å². The van der Waals surface area contributed by atoms with E-state index in [0.717, 1.165) is 32.1 Å². The fourth-order valence-electron chi connectivity index (χ4n) is 5.49. The molecule has 3 amide bonds. The van der Waals surface area contributed by atoms with Crippen molar-refractivity contribution in [3.05, 3.63) is 0 Å². The van der Waals surface area contributed by atoms with Crippen LogP contribution in [-0.2, 0) is 14.4 Å². The van der Waals surface area contributed by atoms with Gasteiger partial charge in [0.1, 0.15) is 6.54 Å². The second kappa shape index (κ2) is 6.63. The van der Waals surface area contributed by atoms with E-state index in [0.29, 0.717) is 0 Å². The van der Waals surface area contributed by atoms with Crippen LogP contribution in [0.5, 0.6) is 0 Å². The van der Waals surface area contributed by atoms with Crippen LogP contribution in [0, 0.1) is 23.7 Å². The molecular formula is C18H24Br2N2O3. The summed E-state index contributed by atoms with van der Waals surface area (Å²) < 4.78 is 0. The van der Waals surface area contributed by atoms with E-state index < -0.39 is 0 Å². The Morgan fingerprint density at radius 3 is 2.08 bits per heavy atom. The van der Waals surface area contributed by atoms with Gasteiger partial charge in [-0.05, 0) is 31.1 Å². The third kappa shape index (κ3) is 2.71. The molecule has 0 unspecified atom stereocenters. The van der Waals surface area contributed by atoms with Crippen LogP contribution < -0.4 is 0 Å². The van der Waals surface area contributed by atoms with Gasteiger partial charge in [0.15, 0.2) is 0 Å². The molecular weight excluding hydrogens is 452 g/mol. The summed E-state index contributed by atoms with van der Waals surface area (Å²) in [6, 6.07) is 0.253. The van der Waals surface area contributed by atoms with Crippen molar-refractivity contribution < 1.29 is 14.4 Å². The first kappa shape index (κ1) is 18.0. The Morgan fingerprint density at radius 1 is 1.04 bits per heavy atom. The molecule has 4 rings (SSSR count). The second-order valence-corrected chi connectivity index (χ2v) is 10.2. The van der Waals surface area contributed by atoms with Crippen molar-refractivity contribution in [2.75, 3.05) is 13.6 Å².